The molecule has 1 N–H and O–H groups in total. The van der Waals surface area contributed by atoms with Crippen molar-refractivity contribution >= 4 is 43.4 Å². The fourth-order valence-corrected chi connectivity index (χ4v) is 5.91. The molecule has 0 saturated heterocycles. The molecule has 0 saturated carbocycles. The van der Waals surface area contributed by atoms with Gasteiger partial charge in [-0.15, -0.1) is 0 Å². The predicted molar refractivity (Wildman–Crippen MR) is 69.0 cm³/mol. The average molecular weight is 483 g/mol. The van der Waals surface area contributed by atoms with Gasteiger partial charge in [-0.3, -0.25) is 0 Å². The van der Waals surface area contributed by atoms with Gasteiger partial charge >= 0.3 is 125 Å². The van der Waals surface area contributed by atoms with Gasteiger partial charge in [-0.2, -0.15) is 0 Å². The van der Waals surface area contributed by atoms with Gasteiger partial charge in [-0.1, -0.05) is 0 Å². The molecule has 3 aromatic rings. The molecule has 0 fully saturated rings. The molecule has 3 rings (SSSR count). The molecule has 4 nitrogen and oxygen atoms in total. The van der Waals surface area contributed by atoms with Crippen LogP contribution in [0.3, 0.4) is 0 Å². The first-order valence-corrected chi connectivity index (χ1v) is 16.4. The maximum absolute atomic E-state index is 11.2. The zero-order chi connectivity index (χ0) is 13.6. The van der Waals surface area contributed by atoms with Gasteiger partial charge in [0.2, 0.25) is 0 Å². The first-order chi connectivity index (χ1) is 8.99. The summed E-state index contributed by atoms with van der Waals surface area (Å²) in [6, 6.07) is 10.0. The van der Waals surface area contributed by atoms with E-state index in [0.29, 0.717) is 16.6 Å². The van der Waals surface area contributed by atoms with Crippen molar-refractivity contribution in [2.45, 2.75) is 4.90 Å². The van der Waals surface area contributed by atoms with Crippen LogP contribution in [0.2, 0.25) is 0 Å². The van der Waals surface area contributed by atoms with Crippen LogP contribution in [0.5, 0.6) is 0 Å². The van der Waals surface area contributed by atoms with Crippen molar-refractivity contribution in [3.63, 3.8) is 0 Å². The van der Waals surface area contributed by atoms with Crippen molar-refractivity contribution in [3.8, 4) is 0 Å². The molecule has 0 amide bonds. The van der Waals surface area contributed by atoms with Gasteiger partial charge in [0.05, 0.1) is 0 Å². The van der Waals surface area contributed by atoms with Crippen molar-refractivity contribution in [2.24, 2.45) is 0 Å². The topological polar surface area (TPSA) is 67.5 Å². The van der Waals surface area contributed by atoms with Gasteiger partial charge in [0, 0.05) is 0 Å². The SMILES string of the molecule is O=S(=O)(O)c1ccc2oc3cc[c]([Hg][Cl])cc3c2c1. The van der Waals surface area contributed by atoms with Crippen LogP contribution in [-0.2, 0) is 33.5 Å². The number of rotatable bonds is 2. The van der Waals surface area contributed by atoms with Crippen molar-refractivity contribution in [3.05, 3.63) is 36.4 Å². The van der Waals surface area contributed by atoms with Crippen LogP contribution in [0.25, 0.3) is 21.9 Å². The molecule has 0 spiro atoms. The Morgan fingerprint density at radius 2 is 1.68 bits per heavy atom. The average Bonchev–Trinajstić information content (AvgIpc) is 2.74. The molecule has 0 unspecified atom stereocenters. The predicted octanol–water partition coefficient (Wildman–Crippen LogP) is 2.69. The van der Waals surface area contributed by atoms with Crippen LogP contribution in [0.4, 0.5) is 0 Å². The first kappa shape index (κ1) is 13.4. The Hall–Kier alpha value is -0.625. The summed E-state index contributed by atoms with van der Waals surface area (Å²) in [4.78, 5) is -0.136. The number of fused-ring (bicyclic) bond motifs is 3. The normalized spacial score (nSPS) is 11.9. The molecule has 0 aliphatic rings. The Morgan fingerprint density at radius 3 is 2.32 bits per heavy atom. The summed E-state index contributed by atoms with van der Waals surface area (Å²) in [7, 11) is 1.79. The first-order valence-electron chi connectivity index (χ1n) is 5.48. The van der Waals surface area contributed by atoms with Crippen LogP contribution in [0.15, 0.2) is 45.7 Å². The van der Waals surface area contributed by atoms with Crippen molar-refractivity contribution in [1.82, 2.24) is 0 Å². The monoisotopic (exact) mass is 484 g/mol. The minimum atomic E-state index is -4.21. The van der Waals surface area contributed by atoms with Crippen LogP contribution in [-0.4, -0.2) is 13.0 Å². The Labute approximate surface area is 125 Å². The third-order valence-corrected chi connectivity index (χ3v) is 9.42. The number of benzene rings is 2. The van der Waals surface area contributed by atoms with Gasteiger partial charge in [0.1, 0.15) is 0 Å². The van der Waals surface area contributed by atoms with Crippen LogP contribution < -0.4 is 3.07 Å². The fourth-order valence-electron chi connectivity index (χ4n) is 2.05. The summed E-state index contributed by atoms with van der Waals surface area (Å²) >= 11 is -1.52. The van der Waals surface area contributed by atoms with Gasteiger partial charge in [0.25, 0.3) is 0 Å². The second-order valence-corrected chi connectivity index (χ2v) is 12.2. The molecule has 19 heavy (non-hydrogen) atoms. The Balaban J connectivity index is 2.39. The molecule has 7 heteroatoms. The zero-order valence-corrected chi connectivity index (χ0v) is 16.7. The van der Waals surface area contributed by atoms with E-state index in [2.05, 4.69) is 0 Å². The second kappa shape index (κ2) is 4.73. The van der Waals surface area contributed by atoms with Gasteiger partial charge in [-0.25, -0.2) is 0 Å². The summed E-state index contributed by atoms with van der Waals surface area (Å²) in [6.45, 7) is 0. The van der Waals surface area contributed by atoms with E-state index in [0.717, 1.165) is 8.46 Å². The number of hydrogen-bond donors (Lipinski definition) is 1. The number of hydrogen-bond acceptors (Lipinski definition) is 3. The number of halogens is 1. The van der Waals surface area contributed by atoms with E-state index in [1.54, 1.807) is 6.07 Å². The van der Waals surface area contributed by atoms with Crippen LogP contribution in [0, 0.1) is 0 Å². The standard InChI is InChI=1S/C12H7O4S.ClH.Hg/c13-17(14,15)8-5-6-12-10(7-8)9-3-1-2-4-11(9)16-12;;/h2-7H,(H,13,14,15);1H;/q;;+1/p-1. The molecule has 0 radical (unpaired) electrons. The summed E-state index contributed by atoms with van der Waals surface area (Å²) in [5, 5.41) is 1.50. The summed E-state index contributed by atoms with van der Waals surface area (Å²) in [5.41, 5.74) is 1.27. The Morgan fingerprint density at radius 1 is 1.05 bits per heavy atom. The van der Waals surface area contributed by atoms with E-state index in [4.69, 9.17) is 17.2 Å². The molecule has 0 aliphatic carbocycles. The molecule has 1 heterocycles. The van der Waals surface area contributed by atoms with Gasteiger partial charge < -0.3 is 0 Å². The zero-order valence-electron chi connectivity index (χ0n) is 9.63. The third kappa shape index (κ3) is 2.40. The molecule has 0 aliphatic heterocycles. The van der Waals surface area contributed by atoms with E-state index in [9.17, 15) is 8.42 Å². The van der Waals surface area contributed by atoms with E-state index in [-0.39, 0.29) is 4.90 Å². The Bertz CT molecular complexity index is 885. The van der Waals surface area contributed by atoms with Crippen LogP contribution in [0.1, 0.15) is 0 Å². The molecule has 0 bridgehead atoms. The molecule has 0 atom stereocenters. The van der Waals surface area contributed by atoms with Crippen molar-refractivity contribution in [1.29, 1.82) is 0 Å². The Kier molecular flexibility index (Phi) is 3.33. The van der Waals surface area contributed by atoms with E-state index in [1.165, 1.54) is 12.1 Å². The van der Waals surface area contributed by atoms with Crippen molar-refractivity contribution < 1.29 is 40.7 Å². The van der Waals surface area contributed by atoms with E-state index >= 15 is 0 Å². The van der Waals surface area contributed by atoms with Gasteiger partial charge in [-0.05, 0) is 0 Å². The quantitative estimate of drug-likeness (QED) is 0.450. The second-order valence-electron chi connectivity index (χ2n) is 4.20. The van der Waals surface area contributed by atoms with Crippen molar-refractivity contribution in [2.75, 3.05) is 0 Å². The molecular weight excluding hydrogens is 476 g/mol. The number of furan rings is 1. The van der Waals surface area contributed by atoms with Gasteiger partial charge in [0.15, 0.2) is 0 Å². The maximum atomic E-state index is 11.2. The van der Waals surface area contributed by atoms with E-state index < -0.39 is 33.5 Å². The summed E-state index contributed by atoms with van der Waals surface area (Å²) in [5.74, 6) is 0. The third-order valence-electron chi connectivity index (χ3n) is 2.96. The molecular formula is C12H7ClHgO4S. The minimum absolute atomic E-state index is 0.136. The molecule has 1 aromatic heterocycles. The molecule has 94 valence electrons. The summed E-state index contributed by atoms with van der Waals surface area (Å²) in [6.07, 6.45) is 0. The van der Waals surface area contributed by atoms with Crippen LogP contribution >= 0.6 is 8.25 Å². The fraction of sp³-hybridized carbons (Fsp3) is 0. The molecule has 2 aromatic carbocycles. The summed E-state index contributed by atoms with van der Waals surface area (Å²) < 4.78 is 38.2. The van der Waals surface area contributed by atoms with E-state index in [1.807, 2.05) is 18.2 Å².